The molecule has 1 aliphatic rings. The van der Waals surface area contributed by atoms with Crippen molar-refractivity contribution in [2.75, 3.05) is 13.1 Å². The van der Waals surface area contributed by atoms with Crippen LogP contribution in [-0.2, 0) is 22.6 Å². The fourth-order valence-corrected chi connectivity index (χ4v) is 3.20. The summed E-state index contributed by atoms with van der Waals surface area (Å²) >= 11 is 0. The first-order valence-electron chi connectivity index (χ1n) is 7.94. The monoisotopic (exact) mass is 307 g/mol. The van der Waals surface area contributed by atoms with E-state index in [-0.39, 0.29) is 17.7 Å². The number of nitrogens with zero attached hydrogens (tertiary/aromatic N) is 3. The lowest BCUT2D eigenvalue weighted by Gasteiger charge is -2.19. The summed E-state index contributed by atoms with van der Waals surface area (Å²) in [7, 11) is 0. The molecule has 0 aromatic carbocycles. The van der Waals surface area contributed by atoms with E-state index < -0.39 is 11.9 Å². The Morgan fingerprint density at radius 2 is 2.14 bits per heavy atom. The minimum atomic E-state index is -0.795. The first kappa shape index (κ1) is 16.5. The number of carbonyl (C=O) groups excluding carboxylic acids is 1. The van der Waals surface area contributed by atoms with Crippen LogP contribution < -0.4 is 0 Å². The quantitative estimate of drug-likeness (QED) is 0.867. The molecule has 0 aliphatic carbocycles. The zero-order valence-corrected chi connectivity index (χ0v) is 13.5. The number of imidazole rings is 1. The average molecular weight is 307 g/mol. The molecule has 6 nitrogen and oxygen atoms in total. The molecule has 1 fully saturated rings. The molecule has 1 aliphatic heterocycles. The van der Waals surface area contributed by atoms with Crippen molar-refractivity contribution in [1.82, 2.24) is 14.5 Å². The highest BCUT2D eigenvalue weighted by Crippen LogP contribution is 2.30. The second kappa shape index (κ2) is 6.94. The van der Waals surface area contributed by atoms with Gasteiger partial charge in [0.1, 0.15) is 5.82 Å². The summed E-state index contributed by atoms with van der Waals surface area (Å²) in [5.41, 5.74) is 0. The van der Waals surface area contributed by atoms with Crippen LogP contribution in [0.25, 0.3) is 0 Å². The predicted molar refractivity (Wildman–Crippen MR) is 82.3 cm³/mol. The Hall–Kier alpha value is -1.85. The number of aromatic nitrogens is 2. The molecule has 1 aromatic heterocycles. The zero-order valence-electron chi connectivity index (χ0n) is 13.5. The Morgan fingerprint density at radius 3 is 2.68 bits per heavy atom. The second-order valence-electron chi connectivity index (χ2n) is 6.29. The molecule has 6 heteroatoms. The number of rotatable bonds is 6. The van der Waals surface area contributed by atoms with Gasteiger partial charge in [0.15, 0.2) is 0 Å². The third-order valence-electron chi connectivity index (χ3n) is 4.58. The third-order valence-corrected chi connectivity index (χ3v) is 4.58. The molecule has 0 spiro atoms. The van der Waals surface area contributed by atoms with E-state index in [1.807, 2.05) is 31.5 Å². The highest BCUT2D eigenvalue weighted by molar-refractivity contribution is 5.79. The topological polar surface area (TPSA) is 75.4 Å². The van der Waals surface area contributed by atoms with E-state index in [4.69, 9.17) is 0 Å². The van der Waals surface area contributed by atoms with Gasteiger partial charge in [-0.05, 0) is 11.8 Å². The lowest BCUT2D eigenvalue weighted by molar-refractivity contribution is -0.143. The zero-order chi connectivity index (χ0) is 16.3. The minimum Gasteiger partial charge on any atom is -0.481 e. The summed E-state index contributed by atoms with van der Waals surface area (Å²) in [5, 5.41) is 9.33. The molecule has 2 heterocycles. The minimum absolute atomic E-state index is 0.0325. The molecule has 22 heavy (non-hydrogen) atoms. The predicted octanol–water partition coefficient (Wildman–Crippen LogP) is 1.65. The van der Waals surface area contributed by atoms with Gasteiger partial charge in [-0.3, -0.25) is 9.59 Å². The molecular formula is C16H25N3O3. The molecule has 1 aromatic rings. The number of hydrogen-bond acceptors (Lipinski definition) is 3. The Balaban J connectivity index is 1.94. The van der Waals surface area contributed by atoms with Gasteiger partial charge in [-0.1, -0.05) is 20.8 Å². The summed E-state index contributed by atoms with van der Waals surface area (Å²) in [4.78, 5) is 29.7. The van der Waals surface area contributed by atoms with E-state index in [1.54, 1.807) is 11.1 Å². The fourth-order valence-electron chi connectivity index (χ4n) is 3.20. The van der Waals surface area contributed by atoms with E-state index in [0.29, 0.717) is 26.1 Å². The number of carboxylic acids is 1. The van der Waals surface area contributed by atoms with Crippen molar-refractivity contribution in [3.05, 3.63) is 18.2 Å². The summed E-state index contributed by atoms with van der Waals surface area (Å²) in [6.07, 6.45) is 4.85. The van der Waals surface area contributed by atoms with E-state index in [2.05, 4.69) is 4.98 Å². The van der Waals surface area contributed by atoms with Crippen molar-refractivity contribution >= 4 is 11.9 Å². The van der Waals surface area contributed by atoms with Gasteiger partial charge in [-0.15, -0.1) is 0 Å². The van der Waals surface area contributed by atoms with Crippen LogP contribution >= 0.6 is 0 Å². The van der Waals surface area contributed by atoms with Crippen LogP contribution in [0.5, 0.6) is 0 Å². The van der Waals surface area contributed by atoms with Crippen LogP contribution in [0.3, 0.4) is 0 Å². The fraction of sp³-hybridized carbons (Fsp3) is 0.688. The van der Waals surface area contributed by atoms with Gasteiger partial charge < -0.3 is 14.6 Å². The highest BCUT2D eigenvalue weighted by Gasteiger charge is 2.40. The van der Waals surface area contributed by atoms with Crippen LogP contribution in [0, 0.1) is 17.8 Å². The molecule has 2 atom stereocenters. The Kier molecular flexibility index (Phi) is 5.21. The van der Waals surface area contributed by atoms with Crippen LogP contribution in [0.2, 0.25) is 0 Å². The van der Waals surface area contributed by atoms with Crippen LogP contribution in [0.4, 0.5) is 0 Å². The van der Waals surface area contributed by atoms with Crippen molar-refractivity contribution in [2.45, 2.75) is 40.2 Å². The molecule has 1 N–H and O–H groups in total. The summed E-state index contributed by atoms with van der Waals surface area (Å²) in [6.45, 7) is 7.56. The van der Waals surface area contributed by atoms with Crippen molar-refractivity contribution in [2.24, 2.45) is 17.8 Å². The number of aryl methyl sites for hydroxylation is 2. The van der Waals surface area contributed by atoms with Gasteiger partial charge in [0.25, 0.3) is 0 Å². The normalized spacial score (nSPS) is 21.5. The maximum atomic E-state index is 12.4. The first-order chi connectivity index (χ1) is 10.4. The van der Waals surface area contributed by atoms with Gasteiger partial charge in [-0.25, -0.2) is 4.98 Å². The highest BCUT2D eigenvalue weighted by atomic mass is 16.4. The summed E-state index contributed by atoms with van der Waals surface area (Å²) < 4.78 is 1.99. The first-order valence-corrected chi connectivity index (χ1v) is 7.94. The lowest BCUT2D eigenvalue weighted by atomic mass is 9.86. The van der Waals surface area contributed by atoms with E-state index in [0.717, 1.165) is 12.2 Å². The molecule has 122 valence electrons. The van der Waals surface area contributed by atoms with Crippen molar-refractivity contribution in [1.29, 1.82) is 0 Å². The molecule has 0 radical (unpaired) electrons. The van der Waals surface area contributed by atoms with E-state index in [1.165, 1.54) is 0 Å². The van der Waals surface area contributed by atoms with Crippen LogP contribution in [0.15, 0.2) is 12.4 Å². The molecule has 0 saturated carbocycles. The number of likely N-dealkylation sites (tertiary alicyclic amines) is 1. The summed E-state index contributed by atoms with van der Waals surface area (Å²) in [6, 6.07) is 0. The number of carboxylic acid groups (broad SMARTS) is 1. The molecule has 0 unspecified atom stereocenters. The Bertz CT molecular complexity index is 538. The van der Waals surface area contributed by atoms with Gasteiger partial charge in [0, 0.05) is 44.9 Å². The lowest BCUT2D eigenvalue weighted by Crippen LogP contribution is -2.30. The molecule has 1 saturated heterocycles. The van der Waals surface area contributed by atoms with Crippen molar-refractivity contribution in [3.63, 3.8) is 0 Å². The number of hydrogen-bond donors (Lipinski definition) is 1. The van der Waals surface area contributed by atoms with Crippen LogP contribution in [0.1, 0.15) is 33.0 Å². The number of amides is 1. The van der Waals surface area contributed by atoms with Crippen LogP contribution in [-0.4, -0.2) is 44.5 Å². The van der Waals surface area contributed by atoms with Crippen molar-refractivity contribution in [3.8, 4) is 0 Å². The maximum absolute atomic E-state index is 12.4. The van der Waals surface area contributed by atoms with Gasteiger partial charge in [0.2, 0.25) is 5.91 Å². The number of carbonyl (C=O) groups is 2. The summed E-state index contributed by atoms with van der Waals surface area (Å²) in [5.74, 6) is 0.0725. The second-order valence-corrected chi connectivity index (χ2v) is 6.29. The van der Waals surface area contributed by atoms with Gasteiger partial charge in [-0.2, -0.15) is 0 Å². The van der Waals surface area contributed by atoms with Crippen molar-refractivity contribution < 1.29 is 14.7 Å². The standard InChI is InChI=1S/C16H25N3O3/c1-4-14-17-6-8-18(14)7-5-15(20)19-9-12(11(2)3)13(10-19)16(21)22/h6,8,11-13H,4-5,7,9-10H2,1-3H3,(H,21,22)/t12-,13+/m0/s1. The third kappa shape index (κ3) is 3.48. The van der Waals surface area contributed by atoms with E-state index in [9.17, 15) is 14.7 Å². The Morgan fingerprint density at radius 1 is 1.41 bits per heavy atom. The molecule has 1 amide bonds. The maximum Gasteiger partial charge on any atom is 0.308 e. The SMILES string of the molecule is CCc1nccn1CCC(=O)N1C[C@@H](C(=O)O)[C@H](C(C)C)C1. The molecule has 0 bridgehead atoms. The number of aliphatic carboxylic acids is 1. The average Bonchev–Trinajstić information content (AvgIpc) is 3.10. The molecule has 2 rings (SSSR count). The Labute approximate surface area is 131 Å². The largest absolute Gasteiger partial charge is 0.481 e. The van der Waals surface area contributed by atoms with Gasteiger partial charge in [0.05, 0.1) is 5.92 Å². The van der Waals surface area contributed by atoms with Gasteiger partial charge >= 0.3 is 5.97 Å². The molecular weight excluding hydrogens is 282 g/mol. The van der Waals surface area contributed by atoms with E-state index >= 15 is 0 Å². The smallest absolute Gasteiger partial charge is 0.308 e.